The van der Waals surface area contributed by atoms with Gasteiger partial charge in [0.2, 0.25) is 0 Å². The van der Waals surface area contributed by atoms with E-state index in [0.717, 1.165) is 11.8 Å². The molecule has 0 aromatic carbocycles. The Morgan fingerprint density at radius 3 is 1.42 bits per heavy atom. The van der Waals surface area contributed by atoms with Gasteiger partial charge in [0.05, 0.1) is 0 Å². The van der Waals surface area contributed by atoms with Gasteiger partial charge in [0.1, 0.15) is 0 Å². The molecule has 0 heterocycles. The SMILES string of the molecule is CC(C)C[B+]CC(C)C.[N-]=[N+]=[N-]. The zero-order chi connectivity index (χ0) is 9.98. The van der Waals surface area contributed by atoms with E-state index in [2.05, 4.69) is 35.0 Å². The minimum Gasteiger partial charge on any atom is -0.373 e. The van der Waals surface area contributed by atoms with Crippen molar-refractivity contribution < 1.29 is 0 Å². The van der Waals surface area contributed by atoms with Gasteiger partial charge < -0.3 is 11.1 Å². The maximum absolute atomic E-state index is 6.75. The van der Waals surface area contributed by atoms with Crippen molar-refractivity contribution in [1.29, 1.82) is 0 Å². The minimum atomic E-state index is 0.837. The Labute approximate surface area is 76.2 Å². The molecule has 12 heavy (non-hydrogen) atoms. The number of rotatable bonds is 4. The van der Waals surface area contributed by atoms with Crippen LogP contribution in [0.5, 0.6) is 0 Å². The van der Waals surface area contributed by atoms with Crippen molar-refractivity contribution in [3.8, 4) is 0 Å². The molecule has 4 heteroatoms. The predicted molar refractivity (Wildman–Crippen MR) is 55.1 cm³/mol. The molecule has 0 spiro atoms. The Morgan fingerprint density at radius 1 is 1.00 bits per heavy atom. The summed E-state index contributed by atoms with van der Waals surface area (Å²) in [5.41, 5.74) is 13.5. The smallest absolute Gasteiger partial charge is 0.255 e. The van der Waals surface area contributed by atoms with Gasteiger partial charge in [-0.3, -0.25) is 4.91 Å². The van der Waals surface area contributed by atoms with E-state index >= 15 is 0 Å². The van der Waals surface area contributed by atoms with Crippen LogP contribution in [0.1, 0.15) is 27.7 Å². The van der Waals surface area contributed by atoms with E-state index in [1.165, 1.54) is 17.6 Å². The van der Waals surface area contributed by atoms with E-state index in [9.17, 15) is 0 Å². The van der Waals surface area contributed by atoms with Crippen molar-refractivity contribution in [2.45, 2.75) is 40.3 Å². The molecule has 0 aromatic heterocycles. The fourth-order valence-corrected chi connectivity index (χ4v) is 0.763. The maximum atomic E-state index is 6.75. The van der Waals surface area contributed by atoms with Crippen LogP contribution in [0.15, 0.2) is 0 Å². The molecule has 0 saturated heterocycles. The van der Waals surface area contributed by atoms with Gasteiger partial charge in [-0.25, -0.2) is 0 Å². The van der Waals surface area contributed by atoms with Crippen molar-refractivity contribution in [3.05, 3.63) is 16.0 Å². The Bertz CT molecular complexity index is 109. The zero-order valence-corrected chi connectivity index (χ0v) is 8.49. The molecule has 0 amide bonds. The monoisotopic (exact) mass is 167 g/mol. The van der Waals surface area contributed by atoms with Crippen molar-refractivity contribution in [2.24, 2.45) is 11.8 Å². The predicted octanol–water partition coefficient (Wildman–Crippen LogP) is 3.71. The molecule has 0 aliphatic carbocycles. The average molecular weight is 167 g/mol. The largest absolute Gasteiger partial charge is 0.373 e. The summed E-state index contributed by atoms with van der Waals surface area (Å²) < 4.78 is 0. The van der Waals surface area contributed by atoms with Gasteiger partial charge in [-0.1, -0.05) is 0 Å². The Hall–Kier alpha value is -0.625. The average Bonchev–Trinajstić information content (AvgIpc) is 1.87. The molecule has 0 aromatic rings. The summed E-state index contributed by atoms with van der Waals surface area (Å²) >= 11 is 0. The molecule has 0 fully saturated rings. The van der Waals surface area contributed by atoms with E-state index in [-0.39, 0.29) is 0 Å². The Balaban J connectivity index is 0. The van der Waals surface area contributed by atoms with E-state index in [1.54, 1.807) is 0 Å². The molecular weight excluding hydrogens is 149 g/mol. The standard InChI is InChI=1S/C8H18B.N3/c1-7(2)5-9-6-8(3)4;1-3-2/h7-8H,5-6H2,1-4H3;/q+1;-1. The van der Waals surface area contributed by atoms with Crippen molar-refractivity contribution >= 4 is 7.28 Å². The summed E-state index contributed by atoms with van der Waals surface area (Å²) in [5, 5.41) is 0. The molecule has 0 rings (SSSR count). The zero-order valence-electron chi connectivity index (χ0n) is 8.49. The number of nitrogens with zero attached hydrogens (tertiary/aromatic N) is 3. The van der Waals surface area contributed by atoms with Crippen LogP contribution in [0.2, 0.25) is 12.6 Å². The van der Waals surface area contributed by atoms with Gasteiger partial charge in [-0.15, -0.1) is 0 Å². The van der Waals surface area contributed by atoms with Crippen LogP contribution in [-0.4, -0.2) is 7.28 Å². The summed E-state index contributed by atoms with van der Waals surface area (Å²) in [6, 6.07) is 0. The third-order valence-corrected chi connectivity index (χ3v) is 1.28. The number of hydrogen-bond acceptors (Lipinski definition) is 0. The topological polar surface area (TPSA) is 58.7 Å². The molecule has 0 aliphatic heterocycles. The third kappa shape index (κ3) is 22.8. The summed E-state index contributed by atoms with van der Waals surface area (Å²) in [6.45, 7) is 9.04. The quantitative estimate of drug-likeness (QED) is 0.265. The van der Waals surface area contributed by atoms with Crippen molar-refractivity contribution in [1.82, 2.24) is 0 Å². The fourth-order valence-electron chi connectivity index (χ4n) is 0.763. The van der Waals surface area contributed by atoms with Crippen LogP contribution in [0.3, 0.4) is 0 Å². The molecule has 68 valence electrons. The molecule has 0 atom stereocenters. The van der Waals surface area contributed by atoms with Crippen LogP contribution in [0.4, 0.5) is 0 Å². The van der Waals surface area contributed by atoms with Gasteiger partial charge in [0, 0.05) is 0 Å². The van der Waals surface area contributed by atoms with Crippen molar-refractivity contribution in [2.75, 3.05) is 0 Å². The van der Waals surface area contributed by atoms with Gasteiger partial charge in [-0.05, 0) is 0 Å². The summed E-state index contributed by atoms with van der Waals surface area (Å²) in [6.07, 6.45) is 2.55. The van der Waals surface area contributed by atoms with Crippen LogP contribution in [0.25, 0.3) is 16.0 Å². The summed E-state index contributed by atoms with van der Waals surface area (Å²) in [4.78, 5) is 1.50. The van der Waals surface area contributed by atoms with Gasteiger partial charge in [0.15, 0.2) is 0 Å². The van der Waals surface area contributed by atoms with E-state index in [1.807, 2.05) is 0 Å². The van der Waals surface area contributed by atoms with Gasteiger partial charge in [0.25, 0.3) is 0 Å². The molecule has 0 saturated carbocycles. The second-order valence-corrected chi connectivity index (χ2v) is 3.64. The Kier molecular flexibility index (Phi) is 12.0. The third-order valence-electron chi connectivity index (χ3n) is 1.28. The van der Waals surface area contributed by atoms with Crippen LogP contribution >= 0.6 is 0 Å². The van der Waals surface area contributed by atoms with E-state index in [0.29, 0.717) is 0 Å². The van der Waals surface area contributed by atoms with Crippen LogP contribution in [-0.2, 0) is 0 Å². The normalized spacial score (nSPS) is 8.50. The van der Waals surface area contributed by atoms with Crippen LogP contribution < -0.4 is 0 Å². The van der Waals surface area contributed by atoms with Crippen LogP contribution in [0, 0.1) is 11.8 Å². The second-order valence-electron chi connectivity index (χ2n) is 3.64. The summed E-state index contributed by atoms with van der Waals surface area (Å²) in [7, 11) is 2.40. The molecule has 0 bridgehead atoms. The Morgan fingerprint density at radius 2 is 1.25 bits per heavy atom. The molecule has 0 N–H and O–H groups in total. The second kappa shape index (κ2) is 10.4. The molecular formula is C8H18BN3. The van der Waals surface area contributed by atoms with Gasteiger partial charge in [-0.2, -0.15) is 0 Å². The minimum absolute atomic E-state index is 0.837. The first-order chi connectivity index (χ1) is 5.54. The fraction of sp³-hybridized carbons (Fsp3) is 1.00. The van der Waals surface area contributed by atoms with E-state index in [4.69, 9.17) is 11.1 Å². The maximum Gasteiger partial charge on any atom is -0.255 e. The molecule has 0 unspecified atom stereocenters. The molecule has 0 aliphatic rings. The van der Waals surface area contributed by atoms with Crippen molar-refractivity contribution in [3.63, 3.8) is 0 Å². The summed E-state index contributed by atoms with van der Waals surface area (Å²) in [5.74, 6) is 1.67. The first-order valence-corrected chi connectivity index (χ1v) is 4.34. The van der Waals surface area contributed by atoms with Gasteiger partial charge >= 0.3 is 59.5 Å². The first-order valence-electron chi connectivity index (χ1n) is 4.34. The van der Waals surface area contributed by atoms with E-state index < -0.39 is 0 Å². The molecule has 0 radical (unpaired) electrons. The number of hydrogen-bond donors (Lipinski definition) is 0. The first kappa shape index (κ1) is 13.9. The molecule has 3 nitrogen and oxygen atoms in total.